The van der Waals surface area contributed by atoms with Crippen LogP contribution in [0.25, 0.3) is 6.08 Å². The Labute approximate surface area is 136 Å². The molecule has 6 nitrogen and oxygen atoms in total. The number of ether oxygens (including phenoxy) is 2. The molecule has 7 heteroatoms. The standard InChI is InChI=1S/C14H15IN2O4/c1-20-4-3-17-14(19)10(8-16)5-9-6-11(15)13(18)12(7-9)21-2/h5-7,18H,3-4H2,1-2H3,(H,17,19)/b10-5+. The van der Waals surface area contributed by atoms with E-state index in [0.717, 1.165) is 0 Å². The van der Waals surface area contributed by atoms with E-state index in [1.807, 2.05) is 28.7 Å². The second-order valence-corrected chi connectivity index (χ2v) is 5.13. The number of nitrogens with one attached hydrogen (secondary N) is 1. The van der Waals surface area contributed by atoms with E-state index in [4.69, 9.17) is 14.7 Å². The third-order valence-corrected chi connectivity index (χ3v) is 3.36. The van der Waals surface area contributed by atoms with E-state index >= 15 is 0 Å². The van der Waals surface area contributed by atoms with Gasteiger partial charge in [0, 0.05) is 13.7 Å². The molecule has 0 aromatic heterocycles. The van der Waals surface area contributed by atoms with E-state index in [-0.39, 0.29) is 17.1 Å². The number of phenols is 1. The maximum Gasteiger partial charge on any atom is 0.262 e. The molecule has 1 aromatic rings. The van der Waals surface area contributed by atoms with Gasteiger partial charge < -0.3 is 19.9 Å². The van der Waals surface area contributed by atoms with E-state index in [0.29, 0.717) is 22.3 Å². The molecule has 2 N–H and O–H groups in total. The molecule has 0 atom stereocenters. The van der Waals surface area contributed by atoms with Gasteiger partial charge in [0.1, 0.15) is 11.6 Å². The highest BCUT2D eigenvalue weighted by Crippen LogP contribution is 2.33. The van der Waals surface area contributed by atoms with Gasteiger partial charge in [-0.3, -0.25) is 4.79 Å². The predicted octanol–water partition coefficient (Wildman–Crippen LogP) is 1.67. The zero-order valence-corrected chi connectivity index (χ0v) is 13.8. The lowest BCUT2D eigenvalue weighted by atomic mass is 10.1. The Morgan fingerprint density at radius 3 is 2.81 bits per heavy atom. The molecule has 1 rings (SSSR count). The minimum atomic E-state index is -0.475. The summed E-state index contributed by atoms with van der Waals surface area (Å²) in [6.07, 6.45) is 1.44. The molecule has 0 aliphatic carbocycles. The maximum absolute atomic E-state index is 11.8. The number of nitriles is 1. The molecular formula is C14H15IN2O4. The number of nitrogens with zero attached hydrogens (tertiary/aromatic N) is 1. The van der Waals surface area contributed by atoms with Crippen LogP contribution in [0.15, 0.2) is 17.7 Å². The fraction of sp³-hybridized carbons (Fsp3) is 0.286. The van der Waals surface area contributed by atoms with Crippen LogP contribution < -0.4 is 10.1 Å². The van der Waals surface area contributed by atoms with Gasteiger partial charge >= 0.3 is 0 Å². The number of carbonyl (C=O) groups is 1. The van der Waals surface area contributed by atoms with Crippen molar-refractivity contribution in [3.05, 3.63) is 26.8 Å². The van der Waals surface area contributed by atoms with E-state index in [1.54, 1.807) is 12.1 Å². The van der Waals surface area contributed by atoms with Gasteiger partial charge in [-0.05, 0) is 46.4 Å². The summed E-state index contributed by atoms with van der Waals surface area (Å²) >= 11 is 1.94. The van der Waals surface area contributed by atoms with Gasteiger partial charge in [-0.2, -0.15) is 5.26 Å². The molecule has 0 spiro atoms. The summed E-state index contributed by atoms with van der Waals surface area (Å²) in [6, 6.07) is 5.06. The second kappa shape index (κ2) is 8.49. The quantitative estimate of drug-likeness (QED) is 0.327. The van der Waals surface area contributed by atoms with E-state index in [2.05, 4.69) is 5.32 Å². The van der Waals surface area contributed by atoms with Crippen molar-refractivity contribution in [2.24, 2.45) is 0 Å². The largest absolute Gasteiger partial charge is 0.504 e. The van der Waals surface area contributed by atoms with Gasteiger partial charge in [0.15, 0.2) is 11.5 Å². The molecule has 0 fully saturated rings. The normalized spacial score (nSPS) is 10.9. The van der Waals surface area contributed by atoms with Crippen LogP contribution in [0.4, 0.5) is 0 Å². The van der Waals surface area contributed by atoms with Crippen LogP contribution in [-0.2, 0) is 9.53 Å². The smallest absolute Gasteiger partial charge is 0.262 e. The fourth-order valence-corrected chi connectivity index (χ4v) is 2.14. The average molecular weight is 402 g/mol. The lowest BCUT2D eigenvalue weighted by Gasteiger charge is -2.07. The first-order valence-corrected chi connectivity index (χ1v) is 7.06. The third kappa shape index (κ3) is 4.91. The van der Waals surface area contributed by atoms with Crippen molar-refractivity contribution in [3.63, 3.8) is 0 Å². The van der Waals surface area contributed by atoms with E-state index < -0.39 is 5.91 Å². The summed E-state index contributed by atoms with van der Waals surface area (Å²) in [5, 5.41) is 21.4. The van der Waals surface area contributed by atoms with Crippen molar-refractivity contribution in [1.82, 2.24) is 5.32 Å². The van der Waals surface area contributed by atoms with Crippen LogP contribution in [0, 0.1) is 14.9 Å². The van der Waals surface area contributed by atoms with Crippen molar-refractivity contribution in [3.8, 4) is 17.6 Å². The third-order valence-electron chi connectivity index (χ3n) is 2.54. The van der Waals surface area contributed by atoms with Gasteiger partial charge in [0.05, 0.1) is 17.3 Å². The minimum Gasteiger partial charge on any atom is -0.504 e. The van der Waals surface area contributed by atoms with E-state index in [1.165, 1.54) is 20.3 Å². The Hall–Kier alpha value is -1.79. The Kier molecular flexibility index (Phi) is 6.98. The zero-order chi connectivity index (χ0) is 15.8. The molecule has 21 heavy (non-hydrogen) atoms. The SMILES string of the molecule is COCCNC(=O)/C(C#N)=C/c1cc(I)c(O)c(OC)c1. The van der Waals surface area contributed by atoms with E-state index in [9.17, 15) is 9.90 Å². The zero-order valence-electron chi connectivity index (χ0n) is 11.6. The average Bonchev–Trinajstić information content (AvgIpc) is 2.48. The first-order chi connectivity index (χ1) is 10.0. The van der Waals surface area contributed by atoms with Gasteiger partial charge in [-0.15, -0.1) is 0 Å². The number of phenolic OH excluding ortho intramolecular Hbond substituents is 1. The van der Waals surface area contributed by atoms with Crippen LogP contribution >= 0.6 is 22.6 Å². The summed E-state index contributed by atoms with van der Waals surface area (Å²) < 4.78 is 10.4. The number of aromatic hydroxyl groups is 1. The van der Waals surface area contributed by atoms with Crippen LogP contribution in [0.2, 0.25) is 0 Å². The van der Waals surface area contributed by atoms with Gasteiger partial charge in [-0.1, -0.05) is 0 Å². The highest BCUT2D eigenvalue weighted by atomic mass is 127. The molecule has 0 unspecified atom stereocenters. The minimum absolute atomic E-state index is 0.0262. The van der Waals surface area contributed by atoms with Crippen LogP contribution in [0.5, 0.6) is 11.5 Å². The summed E-state index contributed by atoms with van der Waals surface area (Å²) in [5.74, 6) is -0.167. The number of methoxy groups -OCH3 is 2. The Balaban J connectivity index is 3.01. The molecule has 0 heterocycles. The molecule has 0 radical (unpaired) electrons. The molecule has 0 aliphatic heterocycles. The van der Waals surface area contributed by atoms with Crippen molar-refractivity contribution in [2.75, 3.05) is 27.4 Å². The van der Waals surface area contributed by atoms with Crippen LogP contribution in [0.1, 0.15) is 5.56 Å². The first kappa shape index (κ1) is 17.3. The number of hydrogen-bond acceptors (Lipinski definition) is 5. The highest BCUT2D eigenvalue weighted by Gasteiger charge is 2.11. The fourth-order valence-electron chi connectivity index (χ4n) is 1.51. The number of benzene rings is 1. The topological polar surface area (TPSA) is 91.6 Å². The molecule has 112 valence electrons. The van der Waals surface area contributed by atoms with Gasteiger partial charge in [0.2, 0.25) is 0 Å². The molecule has 1 aromatic carbocycles. The lowest BCUT2D eigenvalue weighted by Crippen LogP contribution is -2.27. The van der Waals surface area contributed by atoms with Crippen molar-refractivity contribution in [2.45, 2.75) is 0 Å². The van der Waals surface area contributed by atoms with Crippen LogP contribution in [0.3, 0.4) is 0 Å². The summed E-state index contributed by atoms with van der Waals surface area (Å²) in [6.45, 7) is 0.695. The Morgan fingerprint density at radius 2 is 2.24 bits per heavy atom. The highest BCUT2D eigenvalue weighted by molar-refractivity contribution is 14.1. The van der Waals surface area contributed by atoms with Crippen LogP contribution in [-0.4, -0.2) is 38.4 Å². The van der Waals surface area contributed by atoms with Crippen molar-refractivity contribution in [1.29, 1.82) is 5.26 Å². The molecular weight excluding hydrogens is 387 g/mol. The number of carbonyl (C=O) groups excluding carboxylic acids is 1. The molecule has 0 saturated heterocycles. The van der Waals surface area contributed by atoms with Gasteiger partial charge in [-0.25, -0.2) is 0 Å². The number of halogens is 1. The Morgan fingerprint density at radius 1 is 1.52 bits per heavy atom. The van der Waals surface area contributed by atoms with Crippen molar-refractivity contribution >= 4 is 34.6 Å². The predicted molar refractivity (Wildman–Crippen MR) is 85.9 cm³/mol. The molecule has 0 aliphatic rings. The second-order valence-electron chi connectivity index (χ2n) is 3.97. The Bertz CT molecular complexity index is 593. The van der Waals surface area contributed by atoms with Crippen molar-refractivity contribution < 1.29 is 19.4 Å². The lowest BCUT2D eigenvalue weighted by molar-refractivity contribution is -0.117. The summed E-state index contributed by atoms with van der Waals surface area (Å²) in [4.78, 5) is 11.8. The molecule has 0 bridgehead atoms. The maximum atomic E-state index is 11.8. The number of hydrogen-bond donors (Lipinski definition) is 2. The summed E-state index contributed by atoms with van der Waals surface area (Å²) in [7, 11) is 2.96. The number of rotatable bonds is 6. The molecule has 1 amide bonds. The monoisotopic (exact) mass is 402 g/mol. The first-order valence-electron chi connectivity index (χ1n) is 5.99. The number of amides is 1. The van der Waals surface area contributed by atoms with Gasteiger partial charge in [0.25, 0.3) is 5.91 Å². The molecule has 0 saturated carbocycles. The summed E-state index contributed by atoms with van der Waals surface area (Å²) in [5.41, 5.74) is 0.558.